The summed E-state index contributed by atoms with van der Waals surface area (Å²) >= 11 is 0. The van der Waals surface area contributed by atoms with E-state index in [1.807, 2.05) is 13.8 Å². The molecule has 0 spiro atoms. The van der Waals surface area contributed by atoms with Crippen LogP contribution in [0.1, 0.15) is 32.3 Å². The average molecular weight is 269 g/mol. The van der Waals surface area contributed by atoms with Crippen LogP contribution in [-0.2, 0) is 14.8 Å². The van der Waals surface area contributed by atoms with Crippen molar-refractivity contribution in [2.24, 2.45) is 5.92 Å². The lowest BCUT2D eigenvalue weighted by molar-refractivity contribution is -0.119. The molecular formula is C13H19NO3S. The van der Waals surface area contributed by atoms with Crippen molar-refractivity contribution >= 4 is 15.8 Å². The second-order valence-corrected chi connectivity index (χ2v) is 6.43. The molecule has 0 aliphatic heterocycles. The van der Waals surface area contributed by atoms with Gasteiger partial charge in [-0.05, 0) is 31.5 Å². The summed E-state index contributed by atoms with van der Waals surface area (Å²) in [5.74, 6) is -0.371. The second kappa shape index (κ2) is 5.63. The molecule has 0 bridgehead atoms. The quantitative estimate of drug-likeness (QED) is 0.888. The van der Waals surface area contributed by atoms with E-state index >= 15 is 0 Å². The van der Waals surface area contributed by atoms with Crippen LogP contribution >= 0.6 is 0 Å². The number of nitrogens with one attached hydrogen (secondary N) is 1. The highest BCUT2D eigenvalue weighted by Gasteiger charge is 2.27. The molecule has 5 heteroatoms. The summed E-state index contributed by atoms with van der Waals surface area (Å²) < 4.78 is 26.2. The maximum absolute atomic E-state index is 11.9. The number of benzene rings is 1. The van der Waals surface area contributed by atoms with E-state index in [1.165, 1.54) is 20.0 Å². The summed E-state index contributed by atoms with van der Waals surface area (Å²) in [6.45, 7) is 5.32. The minimum atomic E-state index is -3.54. The first-order valence-corrected chi connectivity index (χ1v) is 7.32. The average Bonchev–Trinajstić information content (AvgIpc) is 2.28. The number of carbonyl (C=O) groups is 1. The molecule has 0 aliphatic carbocycles. The van der Waals surface area contributed by atoms with Crippen LogP contribution in [0.5, 0.6) is 0 Å². The largest absolute Gasteiger partial charge is 0.299 e. The number of hydrogen-bond donors (Lipinski definition) is 1. The Morgan fingerprint density at radius 2 is 1.78 bits per heavy atom. The van der Waals surface area contributed by atoms with Gasteiger partial charge in [-0.3, -0.25) is 4.79 Å². The van der Waals surface area contributed by atoms with Crippen molar-refractivity contribution in [2.75, 3.05) is 7.05 Å². The first kappa shape index (κ1) is 14.9. The van der Waals surface area contributed by atoms with Gasteiger partial charge < -0.3 is 0 Å². The minimum absolute atomic E-state index is 0.0243. The van der Waals surface area contributed by atoms with Crippen LogP contribution in [0.2, 0.25) is 0 Å². The van der Waals surface area contributed by atoms with Crippen molar-refractivity contribution in [1.29, 1.82) is 0 Å². The number of carbonyl (C=O) groups excluding carboxylic acids is 1. The van der Waals surface area contributed by atoms with Gasteiger partial charge in [0.25, 0.3) is 0 Å². The predicted octanol–water partition coefficient (Wildman–Crippen LogP) is 1.92. The molecule has 0 aromatic heterocycles. The summed E-state index contributed by atoms with van der Waals surface area (Å²) in [6.07, 6.45) is 0. The molecule has 1 N–H and O–H groups in total. The Morgan fingerprint density at radius 1 is 1.22 bits per heavy atom. The molecule has 0 saturated carbocycles. The Kier molecular flexibility index (Phi) is 4.65. The molecule has 1 unspecified atom stereocenters. The SMILES string of the molecule is CNS(=O)(=O)c1ccccc1C(C(C)=O)C(C)C. The van der Waals surface area contributed by atoms with E-state index in [0.29, 0.717) is 5.56 Å². The van der Waals surface area contributed by atoms with E-state index in [-0.39, 0.29) is 16.6 Å². The zero-order valence-electron chi connectivity index (χ0n) is 11.1. The van der Waals surface area contributed by atoms with Crippen LogP contribution in [0.3, 0.4) is 0 Å². The van der Waals surface area contributed by atoms with Gasteiger partial charge in [0, 0.05) is 5.92 Å². The maximum Gasteiger partial charge on any atom is 0.240 e. The van der Waals surface area contributed by atoms with E-state index in [1.54, 1.807) is 18.2 Å². The summed E-state index contributed by atoms with van der Waals surface area (Å²) in [4.78, 5) is 11.9. The Hall–Kier alpha value is -1.20. The van der Waals surface area contributed by atoms with Gasteiger partial charge in [-0.2, -0.15) is 0 Å². The molecule has 18 heavy (non-hydrogen) atoms. The number of ketones is 1. The van der Waals surface area contributed by atoms with Crippen molar-refractivity contribution in [3.63, 3.8) is 0 Å². The molecule has 100 valence electrons. The fourth-order valence-electron chi connectivity index (χ4n) is 2.14. The van der Waals surface area contributed by atoms with E-state index in [0.717, 1.165) is 0 Å². The van der Waals surface area contributed by atoms with Crippen LogP contribution in [0, 0.1) is 5.92 Å². The minimum Gasteiger partial charge on any atom is -0.299 e. The first-order chi connectivity index (χ1) is 8.31. The van der Waals surface area contributed by atoms with Gasteiger partial charge in [-0.15, -0.1) is 0 Å². The maximum atomic E-state index is 11.9. The van der Waals surface area contributed by atoms with Gasteiger partial charge in [0.05, 0.1) is 4.90 Å². The number of Topliss-reactive ketones (excluding diaryl/α,β-unsaturated/α-hetero) is 1. The van der Waals surface area contributed by atoms with Gasteiger partial charge in [-0.25, -0.2) is 13.1 Å². The van der Waals surface area contributed by atoms with E-state index < -0.39 is 15.9 Å². The topological polar surface area (TPSA) is 63.2 Å². The number of rotatable bonds is 5. The van der Waals surface area contributed by atoms with Gasteiger partial charge in [0.15, 0.2) is 0 Å². The summed E-state index contributed by atoms with van der Waals surface area (Å²) in [6, 6.07) is 6.64. The van der Waals surface area contributed by atoms with Crippen LogP contribution < -0.4 is 4.72 Å². The predicted molar refractivity (Wildman–Crippen MR) is 70.9 cm³/mol. The molecule has 0 aliphatic rings. The van der Waals surface area contributed by atoms with Crippen molar-refractivity contribution in [1.82, 2.24) is 4.72 Å². The fraction of sp³-hybridized carbons (Fsp3) is 0.462. The van der Waals surface area contributed by atoms with Gasteiger partial charge >= 0.3 is 0 Å². The number of hydrogen-bond acceptors (Lipinski definition) is 3. The highest BCUT2D eigenvalue weighted by molar-refractivity contribution is 7.89. The first-order valence-electron chi connectivity index (χ1n) is 5.84. The van der Waals surface area contributed by atoms with Gasteiger partial charge in [-0.1, -0.05) is 32.0 Å². The Labute approximate surface area is 108 Å². The standard InChI is InChI=1S/C13H19NO3S/c1-9(2)13(10(3)15)11-7-5-6-8-12(11)18(16,17)14-4/h5-9,13-14H,1-4H3. The molecule has 1 aromatic rings. The molecule has 1 atom stereocenters. The monoisotopic (exact) mass is 269 g/mol. The zero-order valence-corrected chi connectivity index (χ0v) is 11.9. The van der Waals surface area contributed by atoms with Gasteiger partial charge in [0.2, 0.25) is 10.0 Å². The third kappa shape index (κ3) is 2.97. The molecular weight excluding hydrogens is 250 g/mol. The van der Waals surface area contributed by atoms with E-state index in [2.05, 4.69) is 4.72 Å². The van der Waals surface area contributed by atoms with E-state index in [4.69, 9.17) is 0 Å². The van der Waals surface area contributed by atoms with Crippen LogP contribution in [0.4, 0.5) is 0 Å². The molecule has 0 saturated heterocycles. The van der Waals surface area contributed by atoms with E-state index in [9.17, 15) is 13.2 Å². The Morgan fingerprint density at radius 3 is 2.22 bits per heavy atom. The van der Waals surface area contributed by atoms with Crippen molar-refractivity contribution in [3.8, 4) is 0 Å². The fourth-order valence-corrected chi connectivity index (χ4v) is 3.12. The highest BCUT2D eigenvalue weighted by atomic mass is 32.2. The zero-order chi connectivity index (χ0) is 13.9. The Bertz CT molecular complexity index is 535. The lowest BCUT2D eigenvalue weighted by atomic mass is 9.85. The second-order valence-electron chi connectivity index (χ2n) is 4.58. The molecule has 0 fully saturated rings. The molecule has 4 nitrogen and oxygen atoms in total. The summed E-state index contributed by atoms with van der Waals surface area (Å²) in [5.41, 5.74) is 0.564. The number of sulfonamides is 1. The molecule has 0 heterocycles. The molecule has 1 rings (SSSR count). The molecule has 0 radical (unpaired) electrons. The van der Waals surface area contributed by atoms with Crippen LogP contribution in [0.15, 0.2) is 29.2 Å². The normalized spacial score (nSPS) is 13.6. The summed E-state index contributed by atoms with van der Waals surface area (Å²) in [5, 5.41) is 0. The molecule has 1 aromatic carbocycles. The van der Waals surface area contributed by atoms with Crippen molar-refractivity contribution in [2.45, 2.75) is 31.6 Å². The van der Waals surface area contributed by atoms with Gasteiger partial charge in [0.1, 0.15) is 5.78 Å². The highest BCUT2D eigenvalue weighted by Crippen LogP contribution is 2.30. The van der Waals surface area contributed by atoms with Crippen molar-refractivity contribution < 1.29 is 13.2 Å². The third-order valence-corrected chi connectivity index (χ3v) is 4.41. The smallest absolute Gasteiger partial charge is 0.240 e. The summed E-state index contributed by atoms with van der Waals surface area (Å²) in [7, 11) is -2.18. The lowest BCUT2D eigenvalue weighted by Gasteiger charge is -2.21. The van der Waals surface area contributed by atoms with Crippen LogP contribution in [0.25, 0.3) is 0 Å². The lowest BCUT2D eigenvalue weighted by Crippen LogP contribution is -2.24. The third-order valence-electron chi connectivity index (χ3n) is 2.92. The molecule has 0 amide bonds. The Balaban J connectivity index is 3.46. The van der Waals surface area contributed by atoms with Crippen molar-refractivity contribution in [3.05, 3.63) is 29.8 Å². The van der Waals surface area contributed by atoms with Crippen LogP contribution in [-0.4, -0.2) is 21.2 Å².